The standard InChI is InChI=1S/C15H20N2O3S/c1-19-10-6-7-11(13(9-10)20-2)15(18)17-8-4-3-5-12(17)14(16)21/h6-7,9,12H,3-5,8H2,1-2H3,(H2,16,21). The highest BCUT2D eigenvalue weighted by atomic mass is 32.1. The predicted molar refractivity (Wildman–Crippen MR) is 85.0 cm³/mol. The summed E-state index contributed by atoms with van der Waals surface area (Å²) >= 11 is 5.10. The van der Waals surface area contributed by atoms with Gasteiger partial charge in [0.2, 0.25) is 0 Å². The average Bonchev–Trinajstić information content (AvgIpc) is 2.53. The molecule has 5 nitrogen and oxygen atoms in total. The van der Waals surface area contributed by atoms with E-state index in [1.54, 1.807) is 30.2 Å². The lowest BCUT2D eigenvalue weighted by molar-refractivity contribution is 0.0678. The van der Waals surface area contributed by atoms with Crippen molar-refractivity contribution in [2.24, 2.45) is 5.73 Å². The van der Waals surface area contributed by atoms with Gasteiger partial charge in [-0.3, -0.25) is 4.79 Å². The van der Waals surface area contributed by atoms with Gasteiger partial charge >= 0.3 is 0 Å². The van der Waals surface area contributed by atoms with Crippen LogP contribution in [-0.2, 0) is 0 Å². The number of rotatable bonds is 4. The quantitative estimate of drug-likeness (QED) is 0.862. The first-order valence-electron chi connectivity index (χ1n) is 6.90. The smallest absolute Gasteiger partial charge is 0.258 e. The second kappa shape index (κ2) is 6.76. The van der Waals surface area contributed by atoms with Gasteiger partial charge in [0.1, 0.15) is 11.5 Å². The minimum Gasteiger partial charge on any atom is -0.497 e. The minimum absolute atomic E-state index is 0.105. The van der Waals surface area contributed by atoms with Crippen molar-refractivity contribution in [3.63, 3.8) is 0 Å². The second-order valence-electron chi connectivity index (χ2n) is 4.98. The van der Waals surface area contributed by atoms with Crippen LogP contribution >= 0.6 is 12.2 Å². The first-order valence-corrected chi connectivity index (χ1v) is 7.31. The van der Waals surface area contributed by atoms with E-state index in [9.17, 15) is 4.79 Å². The molecular formula is C15H20N2O3S. The van der Waals surface area contributed by atoms with E-state index in [0.29, 0.717) is 28.6 Å². The largest absolute Gasteiger partial charge is 0.497 e. The molecule has 2 rings (SSSR count). The van der Waals surface area contributed by atoms with E-state index in [4.69, 9.17) is 27.4 Å². The molecule has 0 aromatic heterocycles. The fraction of sp³-hybridized carbons (Fsp3) is 0.467. The third-order valence-corrected chi connectivity index (χ3v) is 4.00. The van der Waals surface area contributed by atoms with Crippen LogP contribution in [0, 0.1) is 0 Å². The molecule has 1 aliphatic rings. The Morgan fingerprint density at radius 3 is 2.71 bits per heavy atom. The number of ether oxygens (including phenoxy) is 2. The Balaban J connectivity index is 2.31. The summed E-state index contributed by atoms with van der Waals surface area (Å²) in [5.41, 5.74) is 6.28. The van der Waals surface area contributed by atoms with Crippen LogP contribution in [0.15, 0.2) is 18.2 Å². The number of likely N-dealkylation sites (tertiary alicyclic amines) is 1. The van der Waals surface area contributed by atoms with Crippen molar-refractivity contribution in [1.82, 2.24) is 4.90 Å². The molecule has 0 aliphatic carbocycles. The summed E-state index contributed by atoms with van der Waals surface area (Å²) in [7, 11) is 3.11. The number of hydrogen-bond acceptors (Lipinski definition) is 4. The van der Waals surface area contributed by atoms with E-state index in [1.807, 2.05) is 0 Å². The van der Waals surface area contributed by atoms with Gasteiger partial charge in [-0.05, 0) is 31.4 Å². The van der Waals surface area contributed by atoms with Crippen molar-refractivity contribution in [3.8, 4) is 11.5 Å². The van der Waals surface area contributed by atoms with Crippen LogP contribution in [0.5, 0.6) is 11.5 Å². The van der Waals surface area contributed by atoms with E-state index >= 15 is 0 Å². The van der Waals surface area contributed by atoms with Crippen molar-refractivity contribution in [3.05, 3.63) is 23.8 Å². The van der Waals surface area contributed by atoms with Gasteiger partial charge in [0, 0.05) is 12.6 Å². The van der Waals surface area contributed by atoms with E-state index in [0.717, 1.165) is 19.3 Å². The van der Waals surface area contributed by atoms with Gasteiger partial charge in [0.25, 0.3) is 5.91 Å². The van der Waals surface area contributed by atoms with Crippen molar-refractivity contribution >= 4 is 23.1 Å². The maximum Gasteiger partial charge on any atom is 0.258 e. The summed E-state index contributed by atoms with van der Waals surface area (Å²) in [6.07, 6.45) is 2.81. The summed E-state index contributed by atoms with van der Waals surface area (Å²) in [6.45, 7) is 0.663. The number of nitrogens with zero attached hydrogens (tertiary/aromatic N) is 1. The number of carbonyl (C=O) groups excluding carboxylic acids is 1. The van der Waals surface area contributed by atoms with E-state index < -0.39 is 0 Å². The normalized spacial score (nSPS) is 18.2. The summed E-state index contributed by atoms with van der Waals surface area (Å²) in [5, 5.41) is 0. The van der Waals surface area contributed by atoms with Crippen LogP contribution in [0.4, 0.5) is 0 Å². The molecule has 1 fully saturated rings. The first kappa shape index (κ1) is 15.6. The van der Waals surface area contributed by atoms with E-state index in [2.05, 4.69) is 0 Å². The molecule has 1 aromatic carbocycles. The molecule has 0 radical (unpaired) electrons. The summed E-state index contributed by atoms with van der Waals surface area (Å²) in [6, 6.07) is 4.99. The van der Waals surface area contributed by atoms with Gasteiger partial charge in [-0.15, -0.1) is 0 Å². The summed E-state index contributed by atoms with van der Waals surface area (Å²) in [5.74, 6) is 1.03. The van der Waals surface area contributed by atoms with Crippen LogP contribution in [0.25, 0.3) is 0 Å². The van der Waals surface area contributed by atoms with Gasteiger partial charge in [-0.25, -0.2) is 0 Å². The fourth-order valence-corrected chi connectivity index (χ4v) is 2.85. The van der Waals surface area contributed by atoms with Crippen LogP contribution in [0.2, 0.25) is 0 Å². The van der Waals surface area contributed by atoms with Crippen molar-refractivity contribution in [2.45, 2.75) is 25.3 Å². The molecule has 0 spiro atoms. The lowest BCUT2D eigenvalue weighted by atomic mass is 10.0. The van der Waals surface area contributed by atoms with Crippen LogP contribution < -0.4 is 15.2 Å². The molecule has 1 amide bonds. The zero-order valence-corrected chi connectivity index (χ0v) is 13.1. The number of methoxy groups -OCH3 is 2. The third-order valence-electron chi connectivity index (χ3n) is 3.73. The Hall–Kier alpha value is -1.82. The number of thiocarbonyl (C=S) groups is 1. The number of benzene rings is 1. The van der Waals surface area contributed by atoms with Crippen molar-refractivity contribution in [2.75, 3.05) is 20.8 Å². The van der Waals surface area contributed by atoms with Gasteiger partial charge in [0.15, 0.2) is 0 Å². The maximum atomic E-state index is 12.8. The minimum atomic E-state index is -0.173. The molecule has 21 heavy (non-hydrogen) atoms. The molecule has 1 unspecified atom stereocenters. The first-order chi connectivity index (χ1) is 10.1. The van der Waals surface area contributed by atoms with Gasteiger partial charge in [-0.1, -0.05) is 12.2 Å². The van der Waals surface area contributed by atoms with Crippen molar-refractivity contribution < 1.29 is 14.3 Å². The number of hydrogen-bond donors (Lipinski definition) is 1. The zero-order chi connectivity index (χ0) is 15.4. The lowest BCUT2D eigenvalue weighted by Crippen LogP contribution is -2.49. The maximum absolute atomic E-state index is 12.8. The molecule has 0 saturated carbocycles. The van der Waals surface area contributed by atoms with Crippen LogP contribution in [0.3, 0.4) is 0 Å². The highest BCUT2D eigenvalue weighted by Gasteiger charge is 2.30. The zero-order valence-electron chi connectivity index (χ0n) is 12.3. The Morgan fingerprint density at radius 2 is 2.10 bits per heavy atom. The number of carbonyl (C=O) groups is 1. The Bertz CT molecular complexity index is 548. The third kappa shape index (κ3) is 3.26. The number of amides is 1. The topological polar surface area (TPSA) is 64.8 Å². The Kier molecular flexibility index (Phi) is 5.01. The van der Waals surface area contributed by atoms with E-state index in [-0.39, 0.29) is 11.9 Å². The van der Waals surface area contributed by atoms with Crippen LogP contribution in [-0.4, -0.2) is 42.6 Å². The Morgan fingerprint density at radius 1 is 1.33 bits per heavy atom. The van der Waals surface area contributed by atoms with Gasteiger partial charge < -0.3 is 20.1 Å². The number of piperidine rings is 1. The van der Waals surface area contributed by atoms with Gasteiger partial charge in [0.05, 0.1) is 30.8 Å². The molecule has 6 heteroatoms. The highest BCUT2D eigenvalue weighted by molar-refractivity contribution is 7.80. The second-order valence-corrected chi connectivity index (χ2v) is 5.45. The van der Waals surface area contributed by atoms with Crippen molar-refractivity contribution in [1.29, 1.82) is 0 Å². The molecule has 1 heterocycles. The SMILES string of the molecule is COc1ccc(C(=O)N2CCCCC2C(N)=S)c(OC)c1. The summed E-state index contributed by atoms with van der Waals surface area (Å²) in [4.78, 5) is 14.9. The van der Waals surface area contributed by atoms with Crippen LogP contribution in [0.1, 0.15) is 29.6 Å². The molecule has 1 saturated heterocycles. The summed E-state index contributed by atoms with van der Waals surface area (Å²) < 4.78 is 10.5. The average molecular weight is 308 g/mol. The van der Waals surface area contributed by atoms with E-state index in [1.165, 1.54) is 7.11 Å². The molecule has 1 atom stereocenters. The number of nitrogens with two attached hydrogens (primary N) is 1. The monoisotopic (exact) mass is 308 g/mol. The molecule has 2 N–H and O–H groups in total. The molecule has 1 aliphatic heterocycles. The fourth-order valence-electron chi connectivity index (χ4n) is 2.60. The molecular weight excluding hydrogens is 288 g/mol. The molecule has 0 bridgehead atoms. The molecule has 1 aromatic rings. The molecule has 114 valence electrons. The lowest BCUT2D eigenvalue weighted by Gasteiger charge is -2.35. The highest BCUT2D eigenvalue weighted by Crippen LogP contribution is 2.28. The van der Waals surface area contributed by atoms with Gasteiger partial charge in [-0.2, -0.15) is 0 Å². The Labute approximate surface area is 130 Å². The predicted octanol–water partition coefficient (Wildman–Crippen LogP) is 1.98.